The van der Waals surface area contributed by atoms with Crippen molar-refractivity contribution < 1.29 is 9.90 Å². The zero-order chi connectivity index (χ0) is 12.6. The zero-order valence-corrected chi connectivity index (χ0v) is 10.8. The van der Waals surface area contributed by atoms with Crippen LogP contribution >= 0.6 is 0 Å². The van der Waals surface area contributed by atoms with Gasteiger partial charge < -0.3 is 10.0 Å². The number of hydrogen-bond acceptors (Lipinski definition) is 3. The second kappa shape index (κ2) is 8.30. The third kappa shape index (κ3) is 9.68. The van der Waals surface area contributed by atoms with Crippen molar-refractivity contribution in [2.24, 2.45) is 5.92 Å². The lowest BCUT2D eigenvalue weighted by Gasteiger charge is -2.24. The van der Waals surface area contributed by atoms with Crippen LogP contribution in [-0.2, 0) is 4.79 Å². The minimum absolute atomic E-state index is 0.598. The summed E-state index contributed by atoms with van der Waals surface area (Å²) >= 11 is 0. The minimum atomic E-state index is -0.878. The van der Waals surface area contributed by atoms with Crippen LogP contribution in [0.15, 0.2) is 12.2 Å². The van der Waals surface area contributed by atoms with Crippen molar-refractivity contribution in [1.82, 2.24) is 9.80 Å². The molecule has 16 heavy (non-hydrogen) atoms. The average Bonchev–Trinajstić information content (AvgIpc) is 2.12. The van der Waals surface area contributed by atoms with Crippen LogP contribution in [0.4, 0.5) is 0 Å². The smallest absolute Gasteiger partial charge is 0.328 e. The van der Waals surface area contributed by atoms with E-state index in [1.165, 1.54) is 6.08 Å². The Balaban J connectivity index is 4.04. The van der Waals surface area contributed by atoms with Crippen LogP contribution in [0.5, 0.6) is 0 Å². The number of nitrogens with zero attached hydrogens (tertiary/aromatic N) is 2. The molecule has 0 saturated heterocycles. The topological polar surface area (TPSA) is 43.8 Å². The zero-order valence-electron chi connectivity index (χ0n) is 10.8. The van der Waals surface area contributed by atoms with Gasteiger partial charge in [-0.3, -0.25) is 4.90 Å². The number of likely N-dealkylation sites (N-methyl/N-ethyl adjacent to an activating group) is 1. The fourth-order valence-corrected chi connectivity index (χ4v) is 1.42. The number of hydrogen-bond donors (Lipinski definition) is 1. The van der Waals surface area contributed by atoms with E-state index >= 15 is 0 Å². The number of carboxylic acids is 1. The quantitative estimate of drug-likeness (QED) is 0.633. The van der Waals surface area contributed by atoms with Gasteiger partial charge in [0.1, 0.15) is 0 Å². The molecule has 0 heterocycles. The number of rotatable bonds is 8. The minimum Gasteiger partial charge on any atom is -0.478 e. The van der Waals surface area contributed by atoms with Gasteiger partial charge in [-0.05, 0) is 20.0 Å². The van der Waals surface area contributed by atoms with E-state index in [1.54, 1.807) is 6.08 Å². The summed E-state index contributed by atoms with van der Waals surface area (Å²) in [5, 5.41) is 8.51. The molecule has 1 N–H and O–H groups in total. The summed E-state index contributed by atoms with van der Waals surface area (Å²) < 4.78 is 0. The first kappa shape index (κ1) is 15.1. The Morgan fingerprint density at radius 1 is 1.31 bits per heavy atom. The molecule has 0 spiro atoms. The van der Waals surface area contributed by atoms with E-state index in [-0.39, 0.29) is 0 Å². The van der Waals surface area contributed by atoms with Gasteiger partial charge in [0.25, 0.3) is 0 Å². The van der Waals surface area contributed by atoms with Gasteiger partial charge in [0.2, 0.25) is 0 Å². The Labute approximate surface area is 98.5 Å². The molecule has 0 radical (unpaired) electrons. The van der Waals surface area contributed by atoms with Gasteiger partial charge in [-0.25, -0.2) is 4.79 Å². The van der Waals surface area contributed by atoms with Gasteiger partial charge in [-0.1, -0.05) is 19.9 Å². The van der Waals surface area contributed by atoms with E-state index in [1.807, 2.05) is 14.1 Å². The van der Waals surface area contributed by atoms with Crippen LogP contribution in [0.2, 0.25) is 0 Å². The van der Waals surface area contributed by atoms with Crippen molar-refractivity contribution in [3.8, 4) is 0 Å². The molecule has 0 aromatic rings. The van der Waals surface area contributed by atoms with Crippen LogP contribution in [0.3, 0.4) is 0 Å². The predicted molar refractivity (Wildman–Crippen MR) is 66.6 cm³/mol. The van der Waals surface area contributed by atoms with Gasteiger partial charge in [-0.2, -0.15) is 0 Å². The third-order valence-corrected chi connectivity index (χ3v) is 2.11. The highest BCUT2D eigenvalue weighted by Gasteiger charge is 2.06. The molecule has 94 valence electrons. The molecule has 0 aliphatic rings. The Hall–Kier alpha value is -0.870. The van der Waals surface area contributed by atoms with E-state index in [2.05, 4.69) is 23.6 Å². The first-order valence-electron chi connectivity index (χ1n) is 5.68. The molecule has 0 bridgehead atoms. The second-order valence-corrected chi connectivity index (χ2v) is 4.70. The standard InChI is InChI=1S/C12H24N2O2/c1-11(2)10-14(9-8-13(3)4)7-5-6-12(15)16/h5-6,11H,7-10H2,1-4H3,(H,15,16)/b6-5+. The molecule has 0 aliphatic carbocycles. The van der Waals surface area contributed by atoms with E-state index in [0.717, 1.165) is 19.6 Å². The van der Waals surface area contributed by atoms with E-state index in [4.69, 9.17) is 5.11 Å². The second-order valence-electron chi connectivity index (χ2n) is 4.70. The monoisotopic (exact) mass is 228 g/mol. The first-order chi connectivity index (χ1) is 7.41. The van der Waals surface area contributed by atoms with Crippen LogP contribution in [0.1, 0.15) is 13.8 Å². The van der Waals surface area contributed by atoms with Crippen LogP contribution < -0.4 is 0 Å². The van der Waals surface area contributed by atoms with Crippen molar-refractivity contribution in [1.29, 1.82) is 0 Å². The molecule has 0 aromatic carbocycles. The highest BCUT2D eigenvalue weighted by atomic mass is 16.4. The van der Waals surface area contributed by atoms with Gasteiger partial charge >= 0.3 is 5.97 Å². The van der Waals surface area contributed by atoms with Gasteiger partial charge in [-0.15, -0.1) is 0 Å². The summed E-state index contributed by atoms with van der Waals surface area (Å²) in [5.74, 6) is -0.280. The molecule has 0 unspecified atom stereocenters. The summed E-state index contributed by atoms with van der Waals surface area (Å²) in [4.78, 5) is 14.8. The molecule has 4 heteroatoms. The Kier molecular flexibility index (Phi) is 7.85. The number of aliphatic carboxylic acids is 1. The molecule has 0 amide bonds. The van der Waals surface area contributed by atoms with Gasteiger partial charge in [0.15, 0.2) is 0 Å². The molecule has 0 aromatic heterocycles. The first-order valence-corrected chi connectivity index (χ1v) is 5.68. The summed E-state index contributed by atoms with van der Waals surface area (Å²) in [5.41, 5.74) is 0. The molecule has 0 atom stereocenters. The van der Waals surface area contributed by atoms with Crippen molar-refractivity contribution in [3.05, 3.63) is 12.2 Å². The fraction of sp³-hybridized carbons (Fsp3) is 0.750. The van der Waals surface area contributed by atoms with Gasteiger partial charge in [0.05, 0.1) is 0 Å². The summed E-state index contributed by atoms with van der Waals surface area (Å²) in [6, 6.07) is 0. The van der Waals surface area contributed by atoms with E-state index in [0.29, 0.717) is 12.5 Å². The van der Waals surface area contributed by atoms with E-state index in [9.17, 15) is 4.79 Å². The molecule has 4 nitrogen and oxygen atoms in total. The van der Waals surface area contributed by atoms with Crippen LogP contribution in [0, 0.1) is 5.92 Å². The van der Waals surface area contributed by atoms with Crippen molar-refractivity contribution in [2.45, 2.75) is 13.8 Å². The lowest BCUT2D eigenvalue weighted by Crippen LogP contribution is -2.34. The number of carboxylic acid groups (broad SMARTS) is 1. The third-order valence-electron chi connectivity index (χ3n) is 2.11. The summed E-state index contributed by atoms with van der Waals surface area (Å²) in [6.07, 6.45) is 2.92. The van der Waals surface area contributed by atoms with Crippen LogP contribution in [0.25, 0.3) is 0 Å². The van der Waals surface area contributed by atoms with E-state index < -0.39 is 5.97 Å². The molecular formula is C12H24N2O2. The maximum Gasteiger partial charge on any atom is 0.328 e. The number of carbonyl (C=O) groups is 1. The van der Waals surface area contributed by atoms with Crippen molar-refractivity contribution >= 4 is 5.97 Å². The lowest BCUT2D eigenvalue weighted by atomic mass is 10.2. The normalized spacial score (nSPS) is 12.2. The summed E-state index contributed by atoms with van der Waals surface area (Å²) in [6.45, 7) is 8.01. The van der Waals surface area contributed by atoms with Crippen molar-refractivity contribution in [3.63, 3.8) is 0 Å². The van der Waals surface area contributed by atoms with Gasteiger partial charge in [0, 0.05) is 32.3 Å². The highest BCUT2D eigenvalue weighted by Crippen LogP contribution is 1.99. The highest BCUT2D eigenvalue weighted by molar-refractivity contribution is 5.79. The Morgan fingerprint density at radius 2 is 1.94 bits per heavy atom. The summed E-state index contributed by atoms with van der Waals surface area (Å²) in [7, 11) is 4.08. The fourth-order valence-electron chi connectivity index (χ4n) is 1.42. The van der Waals surface area contributed by atoms with Crippen molar-refractivity contribution in [2.75, 3.05) is 40.3 Å². The predicted octanol–water partition coefficient (Wildman–Crippen LogP) is 1.15. The molecule has 0 saturated carbocycles. The Morgan fingerprint density at radius 3 is 2.38 bits per heavy atom. The van der Waals surface area contributed by atoms with Crippen LogP contribution in [-0.4, -0.2) is 61.2 Å². The molecule has 0 aliphatic heterocycles. The largest absolute Gasteiger partial charge is 0.478 e. The molecule has 0 rings (SSSR count). The maximum absolute atomic E-state index is 10.4. The Bertz CT molecular complexity index is 225. The lowest BCUT2D eigenvalue weighted by molar-refractivity contribution is -0.131. The SMILES string of the molecule is CC(C)CN(C/C=C/C(=O)O)CCN(C)C. The molecular weight excluding hydrogens is 204 g/mol. The maximum atomic E-state index is 10.4. The molecule has 0 fully saturated rings. The average molecular weight is 228 g/mol.